The van der Waals surface area contributed by atoms with Crippen LogP contribution in [0.15, 0.2) is 36.5 Å². The quantitative estimate of drug-likeness (QED) is 0.864. The largest absolute Gasteiger partial charge is 0.480 e. The molecule has 2 rings (SSSR count). The third kappa shape index (κ3) is 4.37. The van der Waals surface area contributed by atoms with Crippen molar-refractivity contribution in [1.82, 2.24) is 15.1 Å². The summed E-state index contributed by atoms with van der Waals surface area (Å²) in [5.74, 6) is -2.24. The molecule has 0 spiro atoms. The Balaban J connectivity index is 2.23. The van der Waals surface area contributed by atoms with Gasteiger partial charge in [0.15, 0.2) is 5.69 Å². The highest BCUT2D eigenvalue weighted by Gasteiger charge is 2.30. The summed E-state index contributed by atoms with van der Waals surface area (Å²) in [6, 6.07) is 4.70. The zero-order valence-electron chi connectivity index (χ0n) is 13.4. The van der Waals surface area contributed by atoms with Gasteiger partial charge in [-0.25, -0.2) is 9.48 Å². The molecule has 1 unspecified atom stereocenters. The van der Waals surface area contributed by atoms with E-state index in [-0.39, 0.29) is 17.3 Å². The van der Waals surface area contributed by atoms with E-state index in [0.29, 0.717) is 0 Å². The third-order valence-electron chi connectivity index (χ3n) is 3.48. The number of hydrogen-bond donors (Lipinski definition) is 2. The number of carbonyl (C=O) groups is 2. The molecule has 25 heavy (non-hydrogen) atoms. The fourth-order valence-electron chi connectivity index (χ4n) is 2.14. The van der Waals surface area contributed by atoms with Gasteiger partial charge in [0.25, 0.3) is 5.91 Å². The summed E-state index contributed by atoms with van der Waals surface area (Å²) in [6.07, 6.45) is -3.16. The number of carboxylic acids is 1. The molecule has 1 amide bonds. The van der Waals surface area contributed by atoms with Crippen LogP contribution in [0, 0.1) is 5.92 Å². The Labute approximate surface area is 141 Å². The van der Waals surface area contributed by atoms with Gasteiger partial charge >= 0.3 is 12.1 Å². The second-order valence-electron chi connectivity index (χ2n) is 5.73. The Morgan fingerprint density at radius 2 is 1.92 bits per heavy atom. The standard InChI is InChI=1S/C16H16F3N3O3/c1-9(2)13(15(24)25)20-14(23)12-6-7-22(21-12)11-5-3-4-10(8-11)16(17,18)19/h3-9,13H,1-2H3,(H,20,23)(H,24,25). The highest BCUT2D eigenvalue weighted by atomic mass is 19.4. The maximum Gasteiger partial charge on any atom is 0.416 e. The van der Waals surface area contributed by atoms with E-state index in [9.17, 15) is 22.8 Å². The first-order valence-corrected chi connectivity index (χ1v) is 7.36. The number of hydrogen-bond acceptors (Lipinski definition) is 3. The Kier molecular flexibility index (Phi) is 5.15. The van der Waals surface area contributed by atoms with E-state index in [1.165, 1.54) is 24.4 Å². The predicted octanol–water partition coefficient (Wildman–Crippen LogP) is 2.73. The summed E-state index contributed by atoms with van der Waals surface area (Å²) in [5, 5.41) is 15.3. The van der Waals surface area contributed by atoms with E-state index in [4.69, 9.17) is 5.11 Å². The lowest BCUT2D eigenvalue weighted by Gasteiger charge is -2.16. The van der Waals surface area contributed by atoms with Crippen LogP contribution in [0.25, 0.3) is 5.69 Å². The number of nitrogens with zero attached hydrogens (tertiary/aromatic N) is 2. The summed E-state index contributed by atoms with van der Waals surface area (Å²) in [6.45, 7) is 3.28. The molecule has 0 fully saturated rings. The molecule has 2 aromatic rings. The molecular weight excluding hydrogens is 339 g/mol. The van der Waals surface area contributed by atoms with E-state index in [0.717, 1.165) is 16.8 Å². The Bertz CT molecular complexity index is 784. The fourth-order valence-corrected chi connectivity index (χ4v) is 2.14. The van der Waals surface area contributed by atoms with Crippen molar-refractivity contribution >= 4 is 11.9 Å². The number of aromatic nitrogens is 2. The zero-order chi connectivity index (χ0) is 18.8. The molecule has 0 saturated carbocycles. The molecule has 1 atom stereocenters. The molecule has 0 radical (unpaired) electrons. The van der Waals surface area contributed by atoms with Gasteiger partial charge in [0.05, 0.1) is 11.3 Å². The molecule has 6 nitrogen and oxygen atoms in total. The summed E-state index contributed by atoms with van der Waals surface area (Å²) in [7, 11) is 0. The molecule has 1 aromatic carbocycles. The first-order chi connectivity index (χ1) is 11.6. The molecule has 0 aliphatic rings. The summed E-state index contributed by atoms with van der Waals surface area (Å²) in [4.78, 5) is 23.2. The molecular formula is C16H16F3N3O3. The molecule has 1 aromatic heterocycles. The fraction of sp³-hybridized carbons (Fsp3) is 0.312. The molecule has 1 heterocycles. The van der Waals surface area contributed by atoms with Gasteiger partial charge in [-0.05, 0) is 30.2 Å². The summed E-state index contributed by atoms with van der Waals surface area (Å²) >= 11 is 0. The monoisotopic (exact) mass is 355 g/mol. The van der Waals surface area contributed by atoms with Crippen molar-refractivity contribution < 1.29 is 27.9 Å². The highest BCUT2D eigenvalue weighted by Crippen LogP contribution is 2.30. The van der Waals surface area contributed by atoms with Gasteiger partial charge in [-0.2, -0.15) is 18.3 Å². The number of benzene rings is 1. The van der Waals surface area contributed by atoms with Gasteiger partial charge in [0, 0.05) is 6.20 Å². The van der Waals surface area contributed by atoms with E-state index in [1.807, 2.05) is 0 Å². The highest BCUT2D eigenvalue weighted by molar-refractivity contribution is 5.95. The Morgan fingerprint density at radius 3 is 2.48 bits per heavy atom. The van der Waals surface area contributed by atoms with Gasteiger partial charge in [0.1, 0.15) is 6.04 Å². The van der Waals surface area contributed by atoms with Crippen LogP contribution in [0.3, 0.4) is 0 Å². The van der Waals surface area contributed by atoms with Gasteiger partial charge in [-0.15, -0.1) is 0 Å². The normalized spacial score (nSPS) is 12.9. The van der Waals surface area contributed by atoms with E-state index < -0.39 is 29.7 Å². The van der Waals surface area contributed by atoms with Crippen molar-refractivity contribution in [3.8, 4) is 5.69 Å². The van der Waals surface area contributed by atoms with Crippen LogP contribution < -0.4 is 5.32 Å². The molecule has 0 saturated heterocycles. The number of rotatable bonds is 5. The molecule has 2 N–H and O–H groups in total. The predicted molar refractivity (Wildman–Crippen MR) is 82.3 cm³/mol. The van der Waals surface area contributed by atoms with Crippen molar-refractivity contribution in [3.05, 3.63) is 47.8 Å². The van der Waals surface area contributed by atoms with Gasteiger partial charge in [-0.1, -0.05) is 19.9 Å². The maximum atomic E-state index is 12.8. The number of halogens is 3. The van der Waals surface area contributed by atoms with E-state index in [1.54, 1.807) is 13.8 Å². The number of carbonyl (C=O) groups excluding carboxylic acids is 1. The number of alkyl halides is 3. The minimum absolute atomic E-state index is 0.0932. The lowest BCUT2D eigenvalue weighted by Crippen LogP contribution is -2.44. The molecule has 9 heteroatoms. The van der Waals surface area contributed by atoms with E-state index >= 15 is 0 Å². The molecule has 0 aliphatic heterocycles. The number of carboxylic acid groups (broad SMARTS) is 1. The smallest absolute Gasteiger partial charge is 0.416 e. The van der Waals surface area contributed by atoms with Gasteiger partial charge in [0.2, 0.25) is 0 Å². The second kappa shape index (κ2) is 6.96. The average Bonchev–Trinajstić information content (AvgIpc) is 3.01. The van der Waals surface area contributed by atoms with Crippen molar-refractivity contribution in [3.63, 3.8) is 0 Å². The average molecular weight is 355 g/mol. The number of nitrogens with one attached hydrogen (secondary N) is 1. The van der Waals surface area contributed by atoms with Gasteiger partial charge in [-0.3, -0.25) is 4.79 Å². The number of amides is 1. The minimum Gasteiger partial charge on any atom is -0.480 e. The van der Waals surface area contributed by atoms with Crippen LogP contribution >= 0.6 is 0 Å². The molecule has 0 bridgehead atoms. The van der Waals surface area contributed by atoms with Crippen LogP contribution in [0.5, 0.6) is 0 Å². The third-order valence-corrected chi connectivity index (χ3v) is 3.48. The zero-order valence-corrected chi connectivity index (χ0v) is 13.4. The Morgan fingerprint density at radius 1 is 1.24 bits per heavy atom. The first kappa shape index (κ1) is 18.5. The number of aliphatic carboxylic acids is 1. The molecule has 0 aliphatic carbocycles. The summed E-state index contributed by atoms with van der Waals surface area (Å²) in [5.41, 5.74) is -0.797. The summed E-state index contributed by atoms with van der Waals surface area (Å²) < 4.78 is 39.4. The van der Waals surface area contributed by atoms with Crippen LogP contribution in [-0.2, 0) is 11.0 Å². The van der Waals surface area contributed by atoms with Crippen molar-refractivity contribution in [1.29, 1.82) is 0 Å². The van der Waals surface area contributed by atoms with Crippen LogP contribution in [0.4, 0.5) is 13.2 Å². The lowest BCUT2D eigenvalue weighted by molar-refractivity contribution is -0.140. The van der Waals surface area contributed by atoms with Crippen LogP contribution in [0.2, 0.25) is 0 Å². The first-order valence-electron chi connectivity index (χ1n) is 7.36. The maximum absolute atomic E-state index is 12.8. The Hall–Kier alpha value is -2.84. The van der Waals surface area contributed by atoms with Crippen molar-refractivity contribution in [2.24, 2.45) is 5.92 Å². The van der Waals surface area contributed by atoms with Crippen LogP contribution in [0.1, 0.15) is 29.9 Å². The second-order valence-corrected chi connectivity index (χ2v) is 5.73. The molecule has 134 valence electrons. The van der Waals surface area contributed by atoms with E-state index in [2.05, 4.69) is 10.4 Å². The van der Waals surface area contributed by atoms with Crippen molar-refractivity contribution in [2.45, 2.75) is 26.1 Å². The lowest BCUT2D eigenvalue weighted by atomic mass is 10.0. The van der Waals surface area contributed by atoms with Crippen LogP contribution in [-0.4, -0.2) is 32.8 Å². The van der Waals surface area contributed by atoms with Gasteiger partial charge < -0.3 is 10.4 Å². The minimum atomic E-state index is -4.49. The topological polar surface area (TPSA) is 84.2 Å². The SMILES string of the molecule is CC(C)C(NC(=O)c1ccn(-c2cccc(C(F)(F)F)c2)n1)C(=O)O. The van der Waals surface area contributed by atoms with Crippen molar-refractivity contribution in [2.75, 3.05) is 0 Å².